The average Bonchev–Trinajstić information content (AvgIpc) is 2.66. The minimum Gasteiger partial charge on any atom is -0.379 e. The van der Waals surface area contributed by atoms with Crippen LogP contribution in [0.3, 0.4) is 0 Å². The fourth-order valence-corrected chi connectivity index (χ4v) is 3.37. The zero-order valence-electron chi connectivity index (χ0n) is 19.0. The van der Waals surface area contributed by atoms with Crippen LogP contribution in [0.4, 0.5) is 0 Å². The van der Waals surface area contributed by atoms with E-state index in [2.05, 4.69) is 77.5 Å². The minimum atomic E-state index is 0. The molecule has 0 amide bonds. The molecular formula is C22H40IN5O. The highest BCUT2D eigenvalue weighted by Gasteiger charge is 2.24. The average molecular weight is 518 g/mol. The summed E-state index contributed by atoms with van der Waals surface area (Å²) in [6.07, 6.45) is 0.125. The summed E-state index contributed by atoms with van der Waals surface area (Å²) >= 11 is 0. The summed E-state index contributed by atoms with van der Waals surface area (Å²) in [5.74, 6) is 0.799. The molecule has 1 aromatic carbocycles. The van der Waals surface area contributed by atoms with E-state index in [1.807, 2.05) is 0 Å². The number of piperazine rings is 1. The van der Waals surface area contributed by atoms with Crippen LogP contribution in [-0.4, -0.2) is 75.8 Å². The molecule has 0 spiro atoms. The molecule has 166 valence electrons. The number of likely N-dealkylation sites (N-methyl/N-ethyl adjacent to an activating group) is 1. The van der Waals surface area contributed by atoms with Crippen LogP contribution in [0.25, 0.3) is 0 Å². The third-order valence-corrected chi connectivity index (χ3v) is 5.41. The van der Waals surface area contributed by atoms with E-state index < -0.39 is 0 Å². The number of nitrogens with zero attached hydrogens (tertiary/aromatic N) is 3. The number of guanidine groups is 1. The van der Waals surface area contributed by atoms with Gasteiger partial charge in [-0.05, 0) is 23.6 Å². The zero-order valence-corrected chi connectivity index (χ0v) is 21.3. The third kappa shape index (κ3) is 9.19. The van der Waals surface area contributed by atoms with Crippen LogP contribution in [0.2, 0.25) is 0 Å². The topological polar surface area (TPSA) is 52.1 Å². The predicted molar refractivity (Wildman–Crippen MR) is 133 cm³/mol. The molecule has 1 heterocycles. The van der Waals surface area contributed by atoms with Crippen molar-refractivity contribution in [2.24, 2.45) is 10.4 Å². The van der Waals surface area contributed by atoms with Gasteiger partial charge in [-0.1, -0.05) is 45.0 Å². The lowest BCUT2D eigenvalue weighted by molar-refractivity contribution is 0.0205. The largest absolute Gasteiger partial charge is 0.379 e. The van der Waals surface area contributed by atoms with E-state index in [-0.39, 0.29) is 35.5 Å². The molecule has 1 unspecified atom stereocenters. The maximum atomic E-state index is 5.60. The molecule has 1 aliphatic rings. The van der Waals surface area contributed by atoms with E-state index in [0.717, 1.165) is 51.8 Å². The summed E-state index contributed by atoms with van der Waals surface area (Å²) in [7, 11) is 5.76. The molecule has 1 saturated heterocycles. The van der Waals surface area contributed by atoms with Crippen LogP contribution in [0.15, 0.2) is 29.3 Å². The molecule has 7 heteroatoms. The van der Waals surface area contributed by atoms with E-state index in [1.165, 1.54) is 11.1 Å². The normalized spacial score (nSPS) is 17.5. The van der Waals surface area contributed by atoms with Crippen LogP contribution in [-0.2, 0) is 17.8 Å². The number of rotatable bonds is 7. The lowest BCUT2D eigenvalue weighted by atomic mass is 9.89. The van der Waals surface area contributed by atoms with E-state index in [1.54, 1.807) is 14.2 Å². The molecule has 29 heavy (non-hydrogen) atoms. The lowest BCUT2D eigenvalue weighted by Crippen LogP contribution is -2.45. The van der Waals surface area contributed by atoms with Gasteiger partial charge in [0.15, 0.2) is 5.96 Å². The highest BCUT2D eigenvalue weighted by molar-refractivity contribution is 14.0. The number of hydrogen-bond acceptors (Lipinski definition) is 4. The highest BCUT2D eigenvalue weighted by Crippen LogP contribution is 2.20. The third-order valence-electron chi connectivity index (χ3n) is 5.41. The van der Waals surface area contributed by atoms with E-state index >= 15 is 0 Å². The summed E-state index contributed by atoms with van der Waals surface area (Å²) < 4.78 is 5.60. The van der Waals surface area contributed by atoms with Crippen molar-refractivity contribution in [2.45, 2.75) is 40.0 Å². The Hall–Kier alpha value is -0.900. The van der Waals surface area contributed by atoms with Gasteiger partial charge in [0, 0.05) is 60.0 Å². The Morgan fingerprint density at radius 2 is 1.66 bits per heavy atom. The number of ether oxygens (including phenoxy) is 1. The number of hydrogen-bond donors (Lipinski definition) is 2. The predicted octanol–water partition coefficient (Wildman–Crippen LogP) is 2.78. The summed E-state index contributed by atoms with van der Waals surface area (Å²) in [4.78, 5) is 9.24. The van der Waals surface area contributed by atoms with E-state index in [4.69, 9.17) is 4.74 Å². The summed E-state index contributed by atoms with van der Waals surface area (Å²) in [5, 5.41) is 6.76. The summed E-state index contributed by atoms with van der Waals surface area (Å²) in [5.41, 5.74) is 2.72. The maximum absolute atomic E-state index is 5.60. The van der Waals surface area contributed by atoms with Gasteiger partial charge in [-0.3, -0.25) is 9.89 Å². The van der Waals surface area contributed by atoms with Gasteiger partial charge in [-0.2, -0.15) is 0 Å². The first kappa shape index (κ1) is 26.1. The Bertz CT molecular complexity index is 607. The molecular weight excluding hydrogens is 477 g/mol. The first-order valence-corrected chi connectivity index (χ1v) is 10.3. The molecule has 0 saturated carbocycles. The van der Waals surface area contributed by atoms with Crippen molar-refractivity contribution in [3.05, 3.63) is 35.4 Å². The molecule has 0 bridgehead atoms. The highest BCUT2D eigenvalue weighted by atomic mass is 127. The van der Waals surface area contributed by atoms with Gasteiger partial charge < -0.3 is 20.3 Å². The molecule has 0 aliphatic carbocycles. The molecule has 6 nitrogen and oxygen atoms in total. The second-order valence-corrected chi connectivity index (χ2v) is 8.79. The Labute approximate surface area is 194 Å². The number of methoxy groups -OCH3 is 1. The fourth-order valence-electron chi connectivity index (χ4n) is 3.37. The first-order valence-electron chi connectivity index (χ1n) is 10.3. The van der Waals surface area contributed by atoms with Crippen LogP contribution < -0.4 is 10.6 Å². The quantitative estimate of drug-likeness (QED) is 0.331. The number of halogens is 1. The Morgan fingerprint density at radius 3 is 2.17 bits per heavy atom. The number of nitrogens with one attached hydrogen (secondary N) is 2. The van der Waals surface area contributed by atoms with Crippen LogP contribution in [0.1, 0.15) is 31.9 Å². The van der Waals surface area contributed by atoms with Crippen molar-refractivity contribution in [1.29, 1.82) is 0 Å². The zero-order chi connectivity index (χ0) is 20.6. The Balaban J connectivity index is 0.00000420. The molecule has 0 aromatic heterocycles. The lowest BCUT2D eigenvalue weighted by Gasteiger charge is -2.32. The van der Waals surface area contributed by atoms with Gasteiger partial charge in [-0.25, -0.2) is 0 Å². The standard InChI is InChI=1S/C22H39N5O.HI/c1-22(2,3)20(28-6)16-25-21(23-4)24-15-18-7-9-19(10-8-18)17-27-13-11-26(5)12-14-27;/h7-10,20H,11-17H2,1-6H3,(H2,23,24,25);1H. The van der Waals surface area contributed by atoms with Crippen molar-refractivity contribution in [2.75, 3.05) is 53.9 Å². The van der Waals surface area contributed by atoms with Gasteiger partial charge >= 0.3 is 0 Å². The molecule has 1 atom stereocenters. The van der Waals surface area contributed by atoms with Gasteiger partial charge in [0.2, 0.25) is 0 Å². The monoisotopic (exact) mass is 517 g/mol. The smallest absolute Gasteiger partial charge is 0.191 e. The van der Waals surface area contributed by atoms with Crippen LogP contribution in [0, 0.1) is 5.41 Å². The minimum absolute atomic E-state index is 0. The number of aliphatic imine (C=N–C) groups is 1. The SMILES string of the molecule is CN=C(NCc1ccc(CN2CCN(C)CC2)cc1)NCC(OC)C(C)(C)C.I. The second-order valence-electron chi connectivity index (χ2n) is 8.79. The summed E-state index contributed by atoms with van der Waals surface area (Å²) in [6, 6.07) is 8.90. The van der Waals surface area contributed by atoms with Crippen molar-refractivity contribution in [3.63, 3.8) is 0 Å². The van der Waals surface area contributed by atoms with Crippen molar-refractivity contribution >= 4 is 29.9 Å². The van der Waals surface area contributed by atoms with Gasteiger partial charge in [-0.15, -0.1) is 24.0 Å². The first-order chi connectivity index (χ1) is 13.3. The molecule has 2 N–H and O–H groups in total. The van der Waals surface area contributed by atoms with E-state index in [0.29, 0.717) is 0 Å². The van der Waals surface area contributed by atoms with Gasteiger partial charge in [0.05, 0.1) is 6.10 Å². The fraction of sp³-hybridized carbons (Fsp3) is 0.682. The summed E-state index contributed by atoms with van der Waals surface area (Å²) in [6.45, 7) is 13.7. The van der Waals surface area contributed by atoms with Gasteiger partial charge in [0.25, 0.3) is 0 Å². The van der Waals surface area contributed by atoms with Gasteiger partial charge in [0.1, 0.15) is 0 Å². The molecule has 2 rings (SSSR count). The molecule has 1 aliphatic heterocycles. The van der Waals surface area contributed by atoms with Crippen LogP contribution in [0.5, 0.6) is 0 Å². The Morgan fingerprint density at radius 1 is 1.07 bits per heavy atom. The Kier molecular flexibility index (Phi) is 11.5. The van der Waals surface area contributed by atoms with E-state index in [9.17, 15) is 0 Å². The number of benzene rings is 1. The van der Waals surface area contributed by atoms with Crippen molar-refractivity contribution in [3.8, 4) is 0 Å². The van der Waals surface area contributed by atoms with Crippen molar-refractivity contribution in [1.82, 2.24) is 20.4 Å². The molecule has 1 fully saturated rings. The molecule has 1 aromatic rings. The maximum Gasteiger partial charge on any atom is 0.191 e. The second kappa shape index (κ2) is 12.7. The van der Waals surface area contributed by atoms with Crippen LogP contribution >= 0.6 is 24.0 Å². The molecule has 0 radical (unpaired) electrons. The van der Waals surface area contributed by atoms with Crippen molar-refractivity contribution < 1.29 is 4.74 Å².